The summed E-state index contributed by atoms with van der Waals surface area (Å²) in [7, 11) is 0. The Labute approximate surface area is 168 Å². The first kappa shape index (κ1) is 22.1. The number of hydrogen-bond donors (Lipinski definition) is 0. The zero-order chi connectivity index (χ0) is 20.5. The molecule has 6 nitrogen and oxygen atoms in total. The summed E-state index contributed by atoms with van der Waals surface area (Å²) < 4.78 is 0. The van der Waals surface area contributed by atoms with Gasteiger partial charge in [-0.25, -0.2) is 0 Å². The molecule has 1 saturated heterocycles. The minimum atomic E-state index is -0.00262. The van der Waals surface area contributed by atoms with E-state index in [0.29, 0.717) is 38.2 Å². The maximum atomic E-state index is 12.5. The quantitative estimate of drug-likeness (QED) is 0.611. The molecule has 0 atom stereocenters. The van der Waals surface area contributed by atoms with E-state index in [1.54, 1.807) is 4.90 Å². The van der Waals surface area contributed by atoms with Crippen molar-refractivity contribution in [3.05, 3.63) is 35.4 Å². The van der Waals surface area contributed by atoms with E-state index in [-0.39, 0.29) is 30.4 Å². The summed E-state index contributed by atoms with van der Waals surface area (Å²) in [6.45, 7) is 11.1. The van der Waals surface area contributed by atoms with E-state index < -0.39 is 0 Å². The van der Waals surface area contributed by atoms with Crippen molar-refractivity contribution in [1.29, 1.82) is 0 Å². The number of carbonyl (C=O) groups is 3. The lowest BCUT2D eigenvalue weighted by Crippen LogP contribution is -2.51. The number of rotatable bonds is 9. The molecule has 1 aromatic rings. The lowest BCUT2D eigenvalue weighted by atomic mass is 10.0. The van der Waals surface area contributed by atoms with Crippen molar-refractivity contribution >= 4 is 17.6 Å². The zero-order valence-electron chi connectivity index (χ0n) is 17.4. The number of amides is 2. The Morgan fingerprint density at radius 1 is 0.857 bits per heavy atom. The standard InChI is InChI=1S/C22H33N3O3/c1-4-23(5-2)13-12-22(28)25-16-14-24(15-17-25)21(27)11-10-20(26)19-9-7-6-8-18(19)3/h6-9H,4-5,10-17H2,1-3H3. The van der Waals surface area contributed by atoms with Crippen molar-refractivity contribution in [1.82, 2.24) is 14.7 Å². The number of carbonyl (C=O) groups excluding carboxylic acids is 3. The number of piperazine rings is 1. The van der Waals surface area contributed by atoms with Gasteiger partial charge in [-0.2, -0.15) is 0 Å². The zero-order valence-corrected chi connectivity index (χ0v) is 17.4. The smallest absolute Gasteiger partial charge is 0.223 e. The van der Waals surface area contributed by atoms with Crippen molar-refractivity contribution in [2.45, 2.75) is 40.0 Å². The maximum absolute atomic E-state index is 12.5. The highest BCUT2D eigenvalue weighted by molar-refractivity contribution is 5.99. The SMILES string of the molecule is CCN(CC)CCC(=O)N1CCN(C(=O)CCC(=O)c2ccccc2C)CC1. The van der Waals surface area contributed by atoms with Crippen LogP contribution in [0.15, 0.2) is 24.3 Å². The molecule has 0 aliphatic carbocycles. The summed E-state index contributed by atoms with van der Waals surface area (Å²) in [5, 5.41) is 0. The Morgan fingerprint density at radius 3 is 1.93 bits per heavy atom. The Morgan fingerprint density at radius 2 is 1.39 bits per heavy atom. The van der Waals surface area contributed by atoms with Gasteiger partial charge in [0, 0.05) is 57.5 Å². The Hall–Kier alpha value is -2.21. The fourth-order valence-electron chi connectivity index (χ4n) is 3.56. The van der Waals surface area contributed by atoms with E-state index in [1.165, 1.54) is 0 Å². The van der Waals surface area contributed by atoms with Crippen LogP contribution < -0.4 is 0 Å². The van der Waals surface area contributed by atoms with Crippen LogP contribution in [0.3, 0.4) is 0 Å². The number of benzene rings is 1. The minimum Gasteiger partial charge on any atom is -0.339 e. The van der Waals surface area contributed by atoms with Crippen LogP contribution in [0, 0.1) is 6.92 Å². The first-order chi connectivity index (χ1) is 13.5. The van der Waals surface area contributed by atoms with Gasteiger partial charge in [-0.05, 0) is 25.6 Å². The molecule has 1 aliphatic rings. The number of ketones is 1. The molecule has 1 heterocycles. The Kier molecular flexibility index (Phi) is 8.64. The summed E-state index contributed by atoms with van der Waals surface area (Å²) >= 11 is 0. The average molecular weight is 388 g/mol. The molecule has 154 valence electrons. The number of aryl methyl sites for hydroxylation is 1. The van der Waals surface area contributed by atoms with E-state index >= 15 is 0 Å². The molecule has 0 N–H and O–H groups in total. The van der Waals surface area contributed by atoms with Gasteiger partial charge in [0.15, 0.2) is 5.78 Å². The lowest BCUT2D eigenvalue weighted by molar-refractivity contribution is -0.139. The van der Waals surface area contributed by atoms with Crippen molar-refractivity contribution in [2.24, 2.45) is 0 Å². The molecule has 0 unspecified atom stereocenters. The molecule has 0 radical (unpaired) electrons. The van der Waals surface area contributed by atoms with E-state index in [1.807, 2.05) is 36.1 Å². The van der Waals surface area contributed by atoms with E-state index in [9.17, 15) is 14.4 Å². The van der Waals surface area contributed by atoms with E-state index in [2.05, 4.69) is 18.7 Å². The van der Waals surface area contributed by atoms with Crippen molar-refractivity contribution < 1.29 is 14.4 Å². The summed E-state index contributed by atoms with van der Waals surface area (Å²) in [6, 6.07) is 7.47. The third kappa shape index (κ3) is 6.16. The van der Waals surface area contributed by atoms with Crippen LogP contribution >= 0.6 is 0 Å². The predicted octanol–water partition coefficient (Wildman–Crippen LogP) is 2.36. The van der Waals surface area contributed by atoms with Gasteiger partial charge < -0.3 is 14.7 Å². The highest BCUT2D eigenvalue weighted by Crippen LogP contribution is 2.13. The topological polar surface area (TPSA) is 60.9 Å². The second kappa shape index (κ2) is 11.0. The van der Waals surface area contributed by atoms with Gasteiger partial charge in [0.25, 0.3) is 0 Å². The van der Waals surface area contributed by atoms with Gasteiger partial charge in [-0.15, -0.1) is 0 Å². The predicted molar refractivity (Wildman–Crippen MR) is 110 cm³/mol. The van der Waals surface area contributed by atoms with Crippen LogP contribution in [-0.2, 0) is 9.59 Å². The molecule has 1 aliphatic heterocycles. The molecule has 1 fully saturated rings. The normalized spacial score (nSPS) is 14.4. The molecule has 6 heteroatoms. The van der Waals surface area contributed by atoms with Crippen LogP contribution in [-0.4, -0.2) is 78.1 Å². The lowest BCUT2D eigenvalue weighted by Gasteiger charge is -2.35. The monoisotopic (exact) mass is 387 g/mol. The van der Waals surface area contributed by atoms with Crippen molar-refractivity contribution in [3.63, 3.8) is 0 Å². The largest absolute Gasteiger partial charge is 0.339 e. The Bertz CT molecular complexity index is 677. The second-order valence-electron chi connectivity index (χ2n) is 7.28. The molecule has 2 rings (SSSR count). The second-order valence-corrected chi connectivity index (χ2v) is 7.28. The first-order valence-corrected chi connectivity index (χ1v) is 10.3. The number of Topliss-reactive ketones (excluding diaryl/α,β-unsaturated/α-hetero) is 1. The molecule has 0 aromatic heterocycles. The first-order valence-electron chi connectivity index (χ1n) is 10.3. The summed E-state index contributed by atoms with van der Waals surface area (Å²) in [5.74, 6) is 0.169. The minimum absolute atomic E-state index is 0.00262. The van der Waals surface area contributed by atoms with Gasteiger partial charge in [0.05, 0.1) is 0 Å². The molecular weight excluding hydrogens is 354 g/mol. The highest BCUT2D eigenvalue weighted by Gasteiger charge is 2.24. The van der Waals surface area contributed by atoms with E-state index in [4.69, 9.17) is 0 Å². The molecule has 1 aromatic carbocycles. The van der Waals surface area contributed by atoms with Gasteiger partial charge in [0.2, 0.25) is 11.8 Å². The van der Waals surface area contributed by atoms with Gasteiger partial charge in [0.1, 0.15) is 0 Å². The number of nitrogens with zero attached hydrogens (tertiary/aromatic N) is 3. The van der Waals surface area contributed by atoms with Crippen LogP contribution in [0.4, 0.5) is 0 Å². The fraction of sp³-hybridized carbons (Fsp3) is 0.591. The highest BCUT2D eigenvalue weighted by atomic mass is 16.2. The van der Waals surface area contributed by atoms with Crippen molar-refractivity contribution in [2.75, 3.05) is 45.8 Å². The van der Waals surface area contributed by atoms with Crippen molar-refractivity contribution in [3.8, 4) is 0 Å². The molecule has 28 heavy (non-hydrogen) atoms. The average Bonchev–Trinajstić information content (AvgIpc) is 2.72. The molecule has 0 saturated carbocycles. The van der Waals surface area contributed by atoms with Gasteiger partial charge in [-0.3, -0.25) is 14.4 Å². The maximum Gasteiger partial charge on any atom is 0.223 e. The molecular formula is C22H33N3O3. The van der Waals surface area contributed by atoms with Crippen LogP contribution in [0.2, 0.25) is 0 Å². The molecule has 0 spiro atoms. The fourth-order valence-corrected chi connectivity index (χ4v) is 3.56. The molecule has 0 bridgehead atoms. The van der Waals surface area contributed by atoms with Crippen LogP contribution in [0.5, 0.6) is 0 Å². The van der Waals surface area contributed by atoms with E-state index in [0.717, 1.165) is 25.2 Å². The Balaban J connectivity index is 1.73. The third-order valence-electron chi connectivity index (χ3n) is 5.53. The molecule has 2 amide bonds. The van der Waals surface area contributed by atoms with Crippen LogP contribution in [0.25, 0.3) is 0 Å². The van der Waals surface area contributed by atoms with Crippen LogP contribution in [0.1, 0.15) is 49.0 Å². The van der Waals surface area contributed by atoms with Gasteiger partial charge in [-0.1, -0.05) is 38.1 Å². The number of hydrogen-bond acceptors (Lipinski definition) is 4. The summed E-state index contributed by atoms with van der Waals surface area (Å²) in [5.41, 5.74) is 1.63. The van der Waals surface area contributed by atoms with Gasteiger partial charge >= 0.3 is 0 Å². The third-order valence-corrected chi connectivity index (χ3v) is 5.53. The summed E-state index contributed by atoms with van der Waals surface area (Å²) in [6.07, 6.45) is 0.982. The summed E-state index contributed by atoms with van der Waals surface area (Å²) in [4.78, 5) is 43.0.